The minimum Gasteiger partial charge on any atom is -0.359 e. The molecule has 1 aromatic rings. The quantitative estimate of drug-likeness (QED) is 0.820. The Balaban J connectivity index is 2.16. The molecule has 6 heteroatoms. The van der Waals surface area contributed by atoms with E-state index in [1.165, 1.54) is 0 Å². The van der Waals surface area contributed by atoms with Crippen LogP contribution >= 0.6 is 0 Å². The van der Waals surface area contributed by atoms with Crippen LogP contribution in [0.1, 0.15) is 12.8 Å². The van der Waals surface area contributed by atoms with Crippen LogP contribution in [-0.4, -0.2) is 36.0 Å². The highest BCUT2D eigenvalue weighted by Gasteiger charge is 2.31. The fourth-order valence-corrected chi connectivity index (χ4v) is 3.78. The summed E-state index contributed by atoms with van der Waals surface area (Å²) in [6.07, 6.45) is 5.04. The van der Waals surface area contributed by atoms with E-state index in [0.717, 1.165) is 18.8 Å². The lowest BCUT2D eigenvalue weighted by Crippen LogP contribution is -2.22. The van der Waals surface area contributed by atoms with Crippen LogP contribution in [0.5, 0.6) is 0 Å². The Morgan fingerprint density at radius 1 is 1.67 bits per heavy atom. The summed E-state index contributed by atoms with van der Waals surface area (Å²) in [6.45, 7) is 0.512. The highest BCUT2D eigenvalue weighted by Crippen LogP contribution is 2.22. The smallest absolute Gasteiger partial charge is 0.202 e. The molecular formula is C9H15N3O2S. The van der Waals surface area contributed by atoms with Crippen LogP contribution in [0.2, 0.25) is 0 Å². The predicted molar refractivity (Wildman–Crippen MR) is 58.6 cm³/mol. The molecule has 2 heterocycles. The lowest BCUT2D eigenvalue weighted by atomic mass is 10.2. The van der Waals surface area contributed by atoms with Crippen LogP contribution in [0.25, 0.3) is 0 Å². The molecule has 0 radical (unpaired) electrons. The van der Waals surface area contributed by atoms with Gasteiger partial charge >= 0.3 is 0 Å². The number of rotatable bonds is 3. The molecule has 15 heavy (non-hydrogen) atoms. The van der Waals surface area contributed by atoms with Gasteiger partial charge in [0.15, 0.2) is 9.84 Å². The summed E-state index contributed by atoms with van der Waals surface area (Å²) in [6, 6.07) is 0. The third-order valence-electron chi connectivity index (χ3n) is 2.80. The number of aromatic nitrogens is 2. The molecule has 0 aromatic carbocycles. The molecule has 84 valence electrons. The Kier molecular flexibility index (Phi) is 2.68. The van der Waals surface area contributed by atoms with Crippen molar-refractivity contribution in [3.8, 4) is 0 Å². The van der Waals surface area contributed by atoms with Gasteiger partial charge in [0.25, 0.3) is 0 Å². The van der Waals surface area contributed by atoms with Crippen molar-refractivity contribution in [3.63, 3.8) is 0 Å². The first-order chi connectivity index (χ1) is 7.13. The minimum absolute atomic E-state index is 0.237. The second-order valence-electron chi connectivity index (χ2n) is 3.78. The molecule has 1 aliphatic heterocycles. The molecule has 1 unspecified atom stereocenters. The maximum absolute atomic E-state index is 11.6. The van der Waals surface area contributed by atoms with Crippen LogP contribution in [-0.2, 0) is 16.4 Å². The van der Waals surface area contributed by atoms with Gasteiger partial charge in [-0.05, 0) is 12.8 Å². The Morgan fingerprint density at radius 2 is 2.47 bits per heavy atom. The summed E-state index contributed by atoms with van der Waals surface area (Å²) in [5, 5.41) is 2.70. The van der Waals surface area contributed by atoms with Gasteiger partial charge < -0.3 is 9.88 Å². The van der Waals surface area contributed by atoms with E-state index >= 15 is 0 Å². The molecule has 2 rings (SSSR count). The average Bonchev–Trinajstić information content (AvgIpc) is 2.74. The van der Waals surface area contributed by atoms with Gasteiger partial charge in [-0.1, -0.05) is 0 Å². The van der Waals surface area contributed by atoms with Gasteiger partial charge in [0.1, 0.15) is 0 Å². The van der Waals surface area contributed by atoms with Crippen molar-refractivity contribution in [2.45, 2.75) is 24.6 Å². The van der Waals surface area contributed by atoms with Gasteiger partial charge in [0.2, 0.25) is 5.95 Å². The summed E-state index contributed by atoms with van der Waals surface area (Å²) in [4.78, 5) is 4.08. The molecule has 1 fully saturated rings. The second kappa shape index (κ2) is 3.84. The van der Waals surface area contributed by atoms with Gasteiger partial charge in [0, 0.05) is 26.0 Å². The van der Waals surface area contributed by atoms with Gasteiger partial charge in [-0.15, -0.1) is 0 Å². The van der Waals surface area contributed by atoms with E-state index in [0.29, 0.717) is 12.3 Å². The van der Waals surface area contributed by atoms with Gasteiger partial charge in [-0.25, -0.2) is 13.4 Å². The first kappa shape index (κ1) is 10.5. The van der Waals surface area contributed by atoms with E-state index in [-0.39, 0.29) is 5.25 Å². The van der Waals surface area contributed by atoms with E-state index in [2.05, 4.69) is 10.3 Å². The molecule has 1 aromatic heterocycles. The summed E-state index contributed by atoms with van der Waals surface area (Å²) < 4.78 is 25.1. The van der Waals surface area contributed by atoms with Gasteiger partial charge in [-0.3, -0.25) is 0 Å². The Bertz CT molecular complexity index is 438. The standard InChI is InChI=1S/C9H15N3O2S/c1-10-9-11-4-5-12(9)7-8-3-2-6-15(8,13)14/h4-5,8H,2-3,6-7H2,1H3,(H,10,11). The second-order valence-corrected chi connectivity index (χ2v) is 6.19. The summed E-state index contributed by atoms with van der Waals surface area (Å²) in [5.41, 5.74) is 0. The van der Waals surface area contributed by atoms with Crippen molar-refractivity contribution in [2.24, 2.45) is 0 Å². The van der Waals surface area contributed by atoms with Crippen molar-refractivity contribution >= 4 is 15.8 Å². The number of imidazole rings is 1. The average molecular weight is 229 g/mol. The molecule has 1 atom stereocenters. The van der Waals surface area contributed by atoms with Crippen LogP contribution < -0.4 is 5.32 Å². The molecule has 5 nitrogen and oxygen atoms in total. The maximum Gasteiger partial charge on any atom is 0.202 e. The third kappa shape index (κ3) is 1.99. The van der Waals surface area contributed by atoms with Gasteiger partial charge in [0.05, 0.1) is 11.0 Å². The molecule has 0 aliphatic carbocycles. The lowest BCUT2D eigenvalue weighted by Gasteiger charge is -2.12. The molecular weight excluding hydrogens is 214 g/mol. The number of hydrogen-bond donors (Lipinski definition) is 1. The Labute approximate surface area is 89.4 Å². The number of anilines is 1. The molecule has 1 saturated heterocycles. The van der Waals surface area contributed by atoms with E-state index in [1.807, 2.05) is 4.57 Å². The summed E-state index contributed by atoms with van der Waals surface area (Å²) in [7, 11) is -1.08. The topological polar surface area (TPSA) is 64.0 Å². The first-order valence-electron chi connectivity index (χ1n) is 5.04. The van der Waals surface area contributed by atoms with Crippen molar-refractivity contribution in [2.75, 3.05) is 18.1 Å². The first-order valence-corrected chi connectivity index (χ1v) is 6.75. The molecule has 1 aliphatic rings. The molecule has 0 spiro atoms. The highest BCUT2D eigenvalue weighted by molar-refractivity contribution is 7.92. The van der Waals surface area contributed by atoms with E-state index < -0.39 is 9.84 Å². The van der Waals surface area contributed by atoms with Crippen LogP contribution in [0.3, 0.4) is 0 Å². The summed E-state index contributed by atoms with van der Waals surface area (Å²) in [5.74, 6) is 1.05. The molecule has 0 bridgehead atoms. The number of sulfone groups is 1. The van der Waals surface area contributed by atoms with E-state index in [9.17, 15) is 8.42 Å². The normalized spacial score (nSPS) is 24.2. The van der Waals surface area contributed by atoms with Crippen molar-refractivity contribution in [1.82, 2.24) is 9.55 Å². The number of nitrogens with one attached hydrogen (secondary N) is 1. The van der Waals surface area contributed by atoms with Crippen molar-refractivity contribution < 1.29 is 8.42 Å². The van der Waals surface area contributed by atoms with Crippen LogP contribution in [0.15, 0.2) is 12.4 Å². The molecule has 0 saturated carbocycles. The third-order valence-corrected chi connectivity index (χ3v) is 5.06. The number of nitrogens with zero attached hydrogens (tertiary/aromatic N) is 2. The monoisotopic (exact) mass is 229 g/mol. The van der Waals surface area contributed by atoms with E-state index in [1.54, 1.807) is 19.4 Å². The summed E-state index contributed by atoms with van der Waals surface area (Å²) >= 11 is 0. The molecule has 1 N–H and O–H groups in total. The van der Waals surface area contributed by atoms with Gasteiger partial charge in [-0.2, -0.15) is 0 Å². The Morgan fingerprint density at radius 3 is 3.07 bits per heavy atom. The Hall–Kier alpha value is -1.04. The maximum atomic E-state index is 11.6. The van der Waals surface area contributed by atoms with E-state index in [4.69, 9.17) is 0 Å². The fourth-order valence-electron chi connectivity index (χ4n) is 1.97. The zero-order valence-corrected chi connectivity index (χ0v) is 9.50. The largest absolute Gasteiger partial charge is 0.359 e. The van der Waals surface area contributed by atoms with Crippen molar-refractivity contribution in [1.29, 1.82) is 0 Å². The zero-order valence-electron chi connectivity index (χ0n) is 8.68. The number of hydrogen-bond acceptors (Lipinski definition) is 4. The van der Waals surface area contributed by atoms with Crippen LogP contribution in [0, 0.1) is 0 Å². The fraction of sp³-hybridized carbons (Fsp3) is 0.667. The highest BCUT2D eigenvalue weighted by atomic mass is 32.2. The SMILES string of the molecule is CNc1nccn1CC1CCCS1(=O)=O. The minimum atomic E-state index is -2.86. The molecule has 0 amide bonds. The lowest BCUT2D eigenvalue weighted by molar-refractivity contribution is 0.567. The van der Waals surface area contributed by atoms with Crippen molar-refractivity contribution in [3.05, 3.63) is 12.4 Å². The zero-order chi connectivity index (χ0) is 10.9. The predicted octanol–water partition coefficient (Wildman–Crippen LogP) is 0.502. The van der Waals surface area contributed by atoms with Crippen LogP contribution in [0.4, 0.5) is 5.95 Å².